The SMILES string of the molecule is NC(=O)c1[c]c[c]c(-c2cc(-c3[c]c[c]c(C(N)=O)[c]3)cc(C(F)(F)F)c2)[c]1. The van der Waals surface area contributed by atoms with E-state index in [2.05, 4.69) is 36.4 Å². The van der Waals surface area contributed by atoms with E-state index >= 15 is 0 Å². The van der Waals surface area contributed by atoms with Crippen LogP contribution in [0.2, 0.25) is 0 Å². The fraction of sp³-hybridized carbons (Fsp3) is 0.0476. The van der Waals surface area contributed by atoms with Crippen molar-refractivity contribution in [1.82, 2.24) is 0 Å². The van der Waals surface area contributed by atoms with Crippen LogP contribution in [0.4, 0.5) is 13.2 Å². The molecule has 6 radical (unpaired) electrons. The van der Waals surface area contributed by atoms with Gasteiger partial charge in [0.25, 0.3) is 0 Å². The Balaban J connectivity index is 2.21. The lowest BCUT2D eigenvalue weighted by atomic mass is 9.94. The van der Waals surface area contributed by atoms with Crippen molar-refractivity contribution < 1.29 is 22.8 Å². The summed E-state index contributed by atoms with van der Waals surface area (Å²) in [6.07, 6.45) is -4.65. The number of halogens is 3. The number of primary amides is 2. The van der Waals surface area contributed by atoms with Crippen LogP contribution in [0, 0.1) is 36.4 Å². The highest BCUT2D eigenvalue weighted by molar-refractivity contribution is 5.94. The Morgan fingerprint density at radius 2 is 1.18 bits per heavy atom. The molecule has 3 aromatic carbocycles. The van der Waals surface area contributed by atoms with E-state index in [1.165, 1.54) is 18.2 Å². The quantitative estimate of drug-likeness (QED) is 0.731. The molecule has 3 rings (SSSR count). The first-order valence-corrected chi connectivity index (χ1v) is 7.69. The van der Waals surface area contributed by atoms with Gasteiger partial charge in [-0.3, -0.25) is 9.59 Å². The van der Waals surface area contributed by atoms with Crippen molar-refractivity contribution in [2.75, 3.05) is 0 Å². The van der Waals surface area contributed by atoms with E-state index in [1.807, 2.05) is 0 Å². The molecular formula is C21H9F3N2O2. The number of hydrogen-bond donors (Lipinski definition) is 2. The minimum Gasteiger partial charge on any atom is -0.366 e. The largest absolute Gasteiger partial charge is 0.416 e. The van der Waals surface area contributed by atoms with Gasteiger partial charge in [-0.2, -0.15) is 13.2 Å². The molecule has 136 valence electrons. The highest BCUT2D eigenvalue weighted by Crippen LogP contribution is 2.36. The van der Waals surface area contributed by atoms with E-state index in [0.29, 0.717) is 0 Å². The molecule has 0 fully saturated rings. The predicted molar refractivity (Wildman–Crippen MR) is 92.4 cm³/mol. The Kier molecular flexibility index (Phi) is 4.92. The maximum Gasteiger partial charge on any atom is 0.416 e. The molecule has 0 heterocycles. The minimum atomic E-state index is -4.65. The summed E-state index contributed by atoms with van der Waals surface area (Å²) in [6.45, 7) is 0. The standard InChI is InChI=1S/C21H9F3N2O2/c22-21(23,24)18-10-16(12-3-1-5-14(7-12)19(25)27)9-17(11-18)13-4-2-6-15(8-13)20(26)28/h1-2,9-11H,(H2,25,27)(H2,26,28). The summed E-state index contributed by atoms with van der Waals surface area (Å²) in [5.41, 5.74) is 9.51. The molecule has 0 unspecified atom stereocenters. The molecule has 7 heteroatoms. The molecule has 0 saturated carbocycles. The molecule has 0 aliphatic heterocycles. The van der Waals surface area contributed by atoms with Crippen molar-refractivity contribution in [3.05, 3.63) is 83.4 Å². The molecule has 0 bridgehead atoms. The molecule has 4 N–H and O–H groups in total. The van der Waals surface area contributed by atoms with Gasteiger partial charge in [0, 0.05) is 12.1 Å². The Labute approximate surface area is 158 Å². The Hall–Kier alpha value is -3.61. The number of benzene rings is 3. The van der Waals surface area contributed by atoms with Crippen molar-refractivity contribution in [3.8, 4) is 22.3 Å². The molecule has 0 aromatic heterocycles. The fourth-order valence-electron chi connectivity index (χ4n) is 2.41. The van der Waals surface area contributed by atoms with Crippen molar-refractivity contribution in [3.63, 3.8) is 0 Å². The van der Waals surface area contributed by atoms with Gasteiger partial charge in [0.15, 0.2) is 0 Å². The Bertz CT molecular complexity index is 999. The third kappa shape index (κ3) is 4.03. The second kappa shape index (κ2) is 7.19. The van der Waals surface area contributed by atoms with Gasteiger partial charge in [0.05, 0.1) is 16.7 Å². The first kappa shape index (κ1) is 19.2. The molecule has 0 atom stereocenters. The number of amides is 2. The van der Waals surface area contributed by atoms with E-state index in [4.69, 9.17) is 11.5 Å². The number of alkyl halides is 3. The minimum absolute atomic E-state index is 0.0802. The fourth-order valence-corrected chi connectivity index (χ4v) is 2.41. The van der Waals surface area contributed by atoms with Gasteiger partial charge in [-0.25, -0.2) is 0 Å². The Morgan fingerprint density at radius 3 is 1.54 bits per heavy atom. The monoisotopic (exact) mass is 378 g/mol. The number of rotatable bonds is 4. The van der Waals surface area contributed by atoms with Gasteiger partial charge in [0.1, 0.15) is 0 Å². The van der Waals surface area contributed by atoms with Crippen LogP contribution in [0.25, 0.3) is 22.3 Å². The third-order valence-electron chi connectivity index (χ3n) is 3.70. The smallest absolute Gasteiger partial charge is 0.366 e. The van der Waals surface area contributed by atoms with Gasteiger partial charge in [0.2, 0.25) is 11.8 Å². The summed E-state index contributed by atoms with van der Waals surface area (Å²) in [5.74, 6) is -1.65. The second-order valence-electron chi connectivity index (χ2n) is 5.64. The molecule has 4 nitrogen and oxygen atoms in total. The van der Waals surface area contributed by atoms with E-state index in [0.717, 1.165) is 12.1 Å². The lowest BCUT2D eigenvalue weighted by Crippen LogP contribution is -2.11. The normalized spacial score (nSPS) is 11.2. The van der Waals surface area contributed by atoms with Gasteiger partial charge in [-0.05, 0) is 76.9 Å². The summed E-state index contributed by atoms with van der Waals surface area (Å²) in [6, 6.07) is 21.2. The van der Waals surface area contributed by atoms with Crippen LogP contribution < -0.4 is 11.5 Å². The highest BCUT2D eigenvalue weighted by Gasteiger charge is 2.31. The summed E-state index contributed by atoms with van der Waals surface area (Å²) in [5, 5.41) is 0. The van der Waals surface area contributed by atoms with E-state index in [9.17, 15) is 22.8 Å². The lowest BCUT2D eigenvalue weighted by molar-refractivity contribution is -0.137. The highest BCUT2D eigenvalue weighted by atomic mass is 19.4. The van der Waals surface area contributed by atoms with E-state index in [-0.39, 0.29) is 33.4 Å². The van der Waals surface area contributed by atoms with Crippen LogP contribution >= 0.6 is 0 Å². The van der Waals surface area contributed by atoms with Crippen molar-refractivity contribution >= 4 is 11.8 Å². The number of carbonyl (C=O) groups is 2. The van der Waals surface area contributed by atoms with E-state index < -0.39 is 23.6 Å². The van der Waals surface area contributed by atoms with Gasteiger partial charge < -0.3 is 11.5 Å². The molecule has 0 aliphatic rings. The van der Waals surface area contributed by atoms with Crippen LogP contribution in [0.15, 0.2) is 30.3 Å². The molecule has 28 heavy (non-hydrogen) atoms. The summed E-state index contributed by atoms with van der Waals surface area (Å²) in [4.78, 5) is 22.6. The first-order chi connectivity index (χ1) is 13.1. The van der Waals surface area contributed by atoms with Crippen molar-refractivity contribution in [1.29, 1.82) is 0 Å². The topological polar surface area (TPSA) is 86.2 Å². The molecule has 2 amide bonds. The second-order valence-corrected chi connectivity index (χ2v) is 5.64. The maximum atomic E-state index is 13.4. The van der Waals surface area contributed by atoms with Crippen LogP contribution in [-0.2, 0) is 6.18 Å². The van der Waals surface area contributed by atoms with Gasteiger partial charge >= 0.3 is 6.18 Å². The zero-order chi connectivity index (χ0) is 20.5. The predicted octanol–water partition coefficient (Wildman–Crippen LogP) is 3.04. The average molecular weight is 378 g/mol. The molecule has 0 aliphatic carbocycles. The molecule has 0 saturated heterocycles. The van der Waals surface area contributed by atoms with Crippen LogP contribution in [-0.4, -0.2) is 11.8 Å². The number of carbonyl (C=O) groups excluding carboxylic acids is 2. The third-order valence-corrected chi connectivity index (χ3v) is 3.70. The molecule has 0 spiro atoms. The Morgan fingerprint density at radius 1 is 0.750 bits per heavy atom. The average Bonchev–Trinajstić information content (AvgIpc) is 2.67. The van der Waals surface area contributed by atoms with Gasteiger partial charge in [-0.1, -0.05) is 0 Å². The summed E-state index contributed by atoms with van der Waals surface area (Å²) < 4.78 is 40.2. The zero-order valence-electron chi connectivity index (χ0n) is 14.0. The molecular weight excluding hydrogens is 369 g/mol. The zero-order valence-corrected chi connectivity index (χ0v) is 14.0. The number of nitrogens with two attached hydrogens (primary N) is 2. The van der Waals surface area contributed by atoms with Crippen LogP contribution in [0.5, 0.6) is 0 Å². The van der Waals surface area contributed by atoms with Crippen LogP contribution in [0.3, 0.4) is 0 Å². The summed E-state index contributed by atoms with van der Waals surface area (Å²) >= 11 is 0. The van der Waals surface area contributed by atoms with Crippen LogP contribution in [0.1, 0.15) is 26.3 Å². The first-order valence-electron chi connectivity index (χ1n) is 7.69. The summed E-state index contributed by atoms with van der Waals surface area (Å²) in [7, 11) is 0. The van der Waals surface area contributed by atoms with Crippen molar-refractivity contribution in [2.24, 2.45) is 11.5 Å². The lowest BCUT2D eigenvalue weighted by Gasteiger charge is -2.13. The van der Waals surface area contributed by atoms with E-state index in [1.54, 1.807) is 0 Å². The molecule has 3 aromatic rings. The number of hydrogen-bond acceptors (Lipinski definition) is 2. The van der Waals surface area contributed by atoms with Gasteiger partial charge in [-0.15, -0.1) is 0 Å². The maximum absolute atomic E-state index is 13.4. The van der Waals surface area contributed by atoms with Crippen molar-refractivity contribution in [2.45, 2.75) is 6.18 Å².